The van der Waals surface area contributed by atoms with E-state index in [1.807, 2.05) is 18.2 Å². The number of anilines is 1. The molecule has 1 saturated heterocycles. The minimum Gasteiger partial charge on any atom is -0.492 e. The minimum atomic E-state index is -1.25. The molecule has 47 heavy (non-hydrogen) atoms. The molecule has 0 bridgehead atoms. The van der Waals surface area contributed by atoms with Crippen molar-refractivity contribution in [2.75, 3.05) is 31.6 Å². The van der Waals surface area contributed by atoms with Gasteiger partial charge in [0.15, 0.2) is 0 Å². The summed E-state index contributed by atoms with van der Waals surface area (Å²) in [6.45, 7) is 13.3. The van der Waals surface area contributed by atoms with Crippen LogP contribution in [0.2, 0.25) is 30.7 Å². The average molecular weight is 677 g/mol. The zero-order chi connectivity index (χ0) is 33.0. The topological polar surface area (TPSA) is 103 Å². The van der Waals surface area contributed by atoms with E-state index in [-0.39, 0.29) is 12.1 Å². The van der Waals surface area contributed by atoms with Crippen molar-refractivity contribution in [1.29, 1.82) is 0 Å². The Labute approximate surface area is 282 Å². The predicted octanol–water partition coefficient (Wildman–Crippen LogP) is 8.00. The molecule has 2 N–H and O–H groups in total. The summed E-state index contributed by atoms with van der Waals surface area (Å²) in [6.07, 6.45) is 6.05. The fourth-order valence-corrected chi connectivity index (χ4v) is 6.57. The Morgan fingerprint density at radius 2 is 1.79 bits per heavy atom. The van der Waals surface area contributed by atoms with Gasteiger partial charge in [0.05, 0.1) is 21.8 Å². The van der Waals surface area contributed by atoms with Crippen molar-refractivity contribution in [2.45, 2.75) is 77.1 Å². The first-order valence-electron chi connectivity index (χ1n) is 16.6. The first-order valence-corrected chi connectivity index (χ1v) is 20.7. The number of hydrogen-bond acceptors (Lipinski definition) is 7. The lowest BCUT2D eigenvalue weighted by molar-refractivity contribution is 0.0909. The predicted molar refractivity (Wildman–Crippen MR) is 190 cm³/mol. The van der Waals surface area contributed by atoms with Crippen LogP contribution in [0.4, 0.5) is 10.5 Å². The van der Waals surface area contributed by atoms with Gasteiger partial charge in [-0.05, 0) is 99.8 Å². The zero-order valence-corrected chi connectivity index (χ0v) is 29.5. The van der Waals surface area contributed by atoms with Gasteiger partial charge in [-0.25, -0.2) is 14.8 Å². The molecule has 1 aliphatic carbocycles. The highest BCUT2D eigenvalue weighted by molar-refractivity contribution is 6.76. The maximum absolute atomic E-state index is 12.2. The molecule has 3 heterocycles. The second-order valence-electron chi connectivity index (χ2n) is 13.8. The molecule has 12 heteroatoms. The third-order valence-electron chi connectivity index (χ3n) is 8.59. The molecule has 4 aromatic rings. The Morgan fingerprint density at radius 3 is 2.49 bits per heavy atom. The molecule has 6 rings (SSSR count). The van der Waals surface area contributed by atoms with Crippen molar-refractivity contribution < 1.29 is 19.0 Å². The number of ether oxygens (including phenoxy) is 3. The van der Waals surface area contributed by atoms with E-state index in [9.17, 15) is 4.79 Å². The maximum Gasteiger partial charge on any atom is 0.319 e. The van der Waals surface area contributed by atoms with Crippen LogP contribution in [0.15, 0.2) is 54.9 Å². The quantitative estimate of drug-likeness (QED) is 0.103. The van der Waals surface area contributed by atoms with Crippen LogP contribution in [0.1, 0.15) is 32.6 Å². The number of nitrogens with zero attached hydrogens (tertiary/aromatic N) is 4. The van der Waals surface area contributed by atoms with Gasteiger partial charge in [-0.2, -0.15) is 0 Å². The van der Waals surface area contributed by atoms with Crippen molar-refractivity contribution in [3.05, 3.63) is 59.9 Å². The first-order chi connectivity index (χ1) is 22.6. The number of nitrogens with one attached hydrogen (secondary N) is 2. The van der Waals surface area contributed by atoms with Gasteiger partial charge in [0, 0.05) is 32.8 Å². The minimum absolute atomic E-state index is 0.249. The molecule has 1 atom stereocenters. The highest BCUT2D eigenvalue weighted by atomic mass is 35.5. The lowest BCUT2D eigenvalue weighted by Crippen LogP contribution is -2.34. The molecule has 0 radical (unpaired) electrons. The highest BCUT2D eigenvalue weighted by Gasteiger charge is 2.24. The molecule has 1 unspecified atom stereocenters. The van der Waals surface area contributed by atoms with Crippen LogP contribution in [-0.2, 0) is 11.5 Å². The van der Waals surface area contributed by atoms with Gasteiger partial charge in [-0.15, -0.1) is 0 Å². The van der Waals surface area contributed by atoms with Crippen LogP contribution in [0.5, 0.6) is 17.4 Å². The average Bonchev–Trinajstić information content (AvgIpc) is 3.52. The number of carbonyl (C=O) groups is 1. The number of amides is 2. The van der Waals surface area contributed by atoms with Gasteiger partial charge in [-0.3, -0.25) is 4.90 Å². The third-order valence-corrected chi connectivity index (χ3v) is 10.6. The summed E-state index contributed by atoms with van der Waals surface area (Å²) >= 11 is 6.52. The van der Waals surface area contributed by atoms with E-state index in [0.717, 1.165) is 54.4 Å². The first kappa shape index (κ1) is 33.3. The molecule has 2 amide bonds. The van der Waals surface area contributed by atoms with Crippen molar-refractivity contribution in [1.82, 2.24) is 24.8 Å². The number of halogens is 1. The van der Waals surface area contributed by atoms with Gasteiger partial charge >= 0.3 is 6.03 Å². The molecule has 2 aromatic carbocycles. The molecule has 10 nitrogen and oxygen atoms in total. The molecular weight excluding hydrogens is 632 g/mol. The standard InChI is InChI=1S/C35H45ClN6O4Si/c1-24(41-15-5-6-16-41)21-45-27-11-7-25(8-12-27)32-20-29-33(42(32)23-44-17-18-47(2,3)4)37-22-38-34(29)46-28-13-14-31(30(36)19-28)40-35(43)39-26-9-10-26/h7-8,11-14,19-20,22,24,26H,5-6,9-10,15-18,21,23H2,1-4H3,(H2,39,40,43). The van der Waals surface area contributed by atoms with Crippen molar-refractivity contribution in [2.24, 2.45) is 0 Å². The van der Waals surface area contributed by atoms with E-state index >= 15 is 0 Å². The number of benzene rings is 2. The van der Waals surface area contributed by atoms with Gasteiger partial charge in [0.25, 0.3) is 0 Å². The Hall–Kier alpha value is -3.64. The van der Waals surface area contributed by atoms with E-state index in [1.165, 1.54) is 19.2 Å². The second-order valence-corrected chi connectivity index (χ2v) is 19.8. The van der Waals surface area contributed by atoms with Crippen LogP contribution in [0, 0.1) is 0 Å². The molecule has 0 spiro atoms. The summed E-state index contributed by atoms with van der Waals surface area (Å²) < 4.78 is 20.7. The normalized spacial score (nSPS) is 15.9. The smallest absolute Gasteiger partial charge is 0.319 e. The Kier molecular flexibility index (Phi) is 10.4. The van der Waals surface area contributed by atoms with Crippen LogP contribution < -0.4 is 20.1 Å². The van der Waals surface area contributed by atoms with Gasteiger partial charge in [-0.1, -0.05) is 31.2 Å². The van der Waals surface area contributed by atoms with Crippen LogP contribution in [0.25, 0.3) is 22.3 Å². The number of carbonyl (C=O) groups excluding carboxylic acids is 1. The third kappa shape index (κ3) is 8.84. The van der Waals surface area contributed by atoms with Crippen molar-refractivity contribution >= 4 is 42.4 Å². The van der Waals surface area contributed by atoms with Crippen LogP contribution in [0.3, 0.4) is 0 Å². The summed E-state index contributed by atoms with van der Waals surface area (Å²) in [6, 6.07) is 16.8. The maximum atomic E-state index is 12.2. The molecule has 1 aliphatic heterocycles. The lowest BCUT2D eigenvalue weighted by atomic mass is 10.1. The Balaban J connectivity index is 1.22. The fraction of sp³-hybridized carbons (Fsp3) is 0.457. The molecule has 2 aliphatic rings. The van der Waals surface area contributed by atoms with Crippen molar-refractivity contribution in [3.63, 3.8) is 0 Å². The fourth-order valence-electron chi connectivity index (χ4n) is 5.60. The molecule has 1 saturated carbocycles. The summed E-state index contributed by atoms with van der Waals surface area (Å²) in [4.78, 5) is 23.8. The lowest BCUT2D eigenvalue weighted by Gasteiger charge is -2.23. The van der Waals surface area contributed by atoms with E-state index in [4.69, 9.17) is 25.8 Å². The van der Waals surface area contributed by atoms with E-state index in [0.29, 0.717) is 54.0 Å². The van der Waals surface area contributed by atoms with E-state index in [2.05, 4.69) is 68.8 Å². The second kappa shape index (κ2) is 14.6. The van der Waals surface area contributed by atoms with Gasteiger partial charge in [0.1, 0.15) is 36.8 Å². The van der Waals surface area contributed by atoms with Crippen molar-refractivity contribution in [3.8, 4) is 28.6 Å². The summed E-state index contributed by atoms with van der Waals surface area (Å²) in [5, 5.41) is 6.82. The number of likely N-dealkylation sites (tertiary alicyclic amines) is 1. The number of rotatable bonds is 14. The van der Waals surface area contributed by atoms with E-state index < -0.39 is 8.07 Å². The summed E-state index contributed by atoms with van der Waals surface area (Å²) in [5.41, 5.74) is 3.16. The number of fused-ring (bicyclic) bond motifs is 1. The SMILES string of the molecule is CC(COc1ccc(-c2cc3c(Oc4ccc(NC(=O)NC5CC5)c(Cl)c4)ncnc3n2COCC[Si](C)(C)C)cc1)N1CCCC1. The Bertz CT molecular complexity index is 1680. The monoisotopic (exact) mass is 676 g/mol. The van der Waals surface area contributed by atoms with Crippen LogP contribution in [-0.4, -0.2) is 71.9 Å². The molecular formula is C35H45ClN6O4Si. The summed E-state index contributed by atoms with van der Waals surface area (Å²) in [5.74, 6) is 1.74. The Morgan fingerprint density at radius 1 is 1.04 bits per heavy atom. The van der Waals surface area contributed by atoms with Gasteiger partial charge in [0.2, 0.25) is 5.88 Å². The zero-order valence-electron chi connectivity index (χ0n) is 27.7. The van der Waals surface area contributed by atoms with Crippen LogP contribution >= 0.6 is 11.6 Å². The molecule has 2 aromatic heterocycles. The number of urea groups is 1. The summed E-state index contributed by atoms with van der Waals surface area (Å²) in [7, 11) is -1.25. The van der Waals surface area contributed by atoms with Gasteiger partial charge < -0.3 is 29.4 Å². The number of hydrogen-bond donors (Lipinski definition) is 2. The van der Waals surface area contributed by atoms with E-state index in [1.54, 1.807) is 18.2 Å². The molecule has 2 fully saturated rings. The molecule has 250 valence electrons. The number of aromatic nitrogens is 3. The largest absolute Gasteiger partial charge is 0.492 e. The highest BCUT2D eigenvalue weighted by Crippen LogP contribution is 2.36.